The van der Waals surface area contributed by atoms with Crippen LogP contribution in [0, 0.1) is 13.8 Å². The third kappa shape index (κ3) is 8.34. The predicted molar refractivity (Wildman–Crippen MR) is 108 cm³/mol. The maximum atomic E-state index is 5.99. The molecule has 25 heavy (non-hydrogen) atoms. The minimum absolute atomic E-state index is 0.596. The summed E-state index contributed by atoms with van der Waals surface area (Å²) in [6.07, 6.45) is 5.92. The number of ether oxygens (including phenoxy) is 2. The Labute approximate surface area is 156 Å². The van der Waals surface area contributed by atoms with Crippen molar-refractivity contribution in [3.05, 3.63) is 35.4 Å². The van der Waals surface area contributed by atoms with Crippen molar-refractivity contribution < 1.29 is 14.3 Å². The van der Waals surface area contributed by atoms with Gasteiger partial charge < -0.3 is 14.3 Å². The van der Waals surface area contributed by atoms with E-state index in [0.717, 1.165) is 59.3 Å². The number of hydrogen-bond donors (Lipinski definition) is 0. The van der Waals surface area contributed by atoms with E-state index in [1.54, 1.807) is 7.11 Å². The molecule has 0 bridgehead atoms. The molecule has 0 heterocycles. The van der Waals surface area contributed by atoms with Crippen LogP contribution in [-0.2, 0) is 4.84 Å². The molecule has 0 aliphatic carbocycles. The molecule has 0 aliphatic heterocycles. The number of allylic oxidation sites excluding steroid dienone is 1. The Bertz CT molecular complexity index is 547. The zero-order valence-corrected chi connectivity index (χ0v) is 16.9. The van der Waals surface area contributed by atoms with E-state index in [1.807, 2.05) is 43.0 Å². The second-order valence-electron chi connectivity index (χ2n) is 5.71. The molecule has 140 valence electrons. The van der Waals surface area contributed by atoms with Gasteiger partial charge in [-0.25, -0.2) is 0 Å². The standard InChI is InChI=1S/C20H31NO3S/c1-6-8-10-23-19-13-16(3)20(17(4)14-19)24-11-9-12-25-15-18(7-2)21-22-5/h6,8,13-14H,7,9-12,15H2,1-5H3/b8-6+,21-18+. The third-order valence-corrected chi connectivity index (χ3v) is 4.71. The molecule has 0 fully saturated rings. The second-order valence-corrected chi connectivity index (χ2v) is 6.82. The van der Waals surface area contributed by atoms with Crippen molar-refractivity contribution in [3.63, 3.8) is 0 Å². The lowest BCUT2D eigenvalue weighted by molar-refractivity contribution is 0.212. The maximum Gasteiger partial charge on any atom is 0.125 e. The summed E-state index contributed by atoms with van der Waals surface area (Å²) in [5.74, 6) is 3.82. The lowest BCUT2D eigenvalue weighted by atomic mass is 10.1. The van der Waals surface area contributed by atoms with E-state index in [0.29, 0.717) is 6.61 Å². The van der Waals surface area contributed by atoms with Gasteiger partial charge in [0.25, 0.3) is 0 Å². The van der Waals surface area contributed by atoms with E-state index in [4.69, 9.17) is 14.3 Å². The highest BCUT2D eigenvalue weighted by Gasteiger charge is 2.07. The molecule has 1 rings (SSSR count). The molecule has 0 saturated carbocycles. The molecule has 0 N–H and O–H groups in total. The van der Waals surface area contributed by atoms with Crippen molar-refractivity contribution in [2.45, 2.75) is 40.5 Å². The smallest absolute Gasteiger partial charge is 0.125 e. The number of benzene rings is 1. The van der Waals surface area contributed by atoms with Gasteiger partial charge in [-0.3, -0.25) is 0 Å². The van der Waals surface area contributed by atoms with Gasteiger partial charge in [-0.1, -0.05) is 24.2 Å². The zero-order chi connectivity index (χ0) is 18.5. The van der Waals surface area contributed by atoms with Gasteiger partial charge in [0.2, 0.25) is 0 Å². The molecule has 0 saturated heterocycles. The lowest BCUT2D eigenvalue weighted by Gasteiger charge is -2.14. The molecule has 0 amide bonds. The van der Waals surface area contributed by atoms with Gasteiger partial charge in [-0.2, -0.15) is 11.8 Å². The Morgan fingerprint density at radius 3 is 2.52 bits per heavy atom. The summed E-state index contributed by atoms with van der Waals surface area (Å²) in [4.78, 5) is 4.83. The molecule has 0 aliphatic rings. The van der Waals surface area contributed by atoms with Crippen molar-refractivity contribution >= 4 is 17.5 Å². The molecule has 1 aromatic carbocycles. The highest BCUT2D eigenvalue weighted by Crippen LogP contribution is 2.28. The van der Waals surface area contributed by atoms with Gasteiger partial charge in [0.15, 0.2) is 0 Å². The summed E-state index contributed by atoms with van der Waals surface area (Å²) in [5, 5.41) is 4.01. The molecule has 0 atom stereocenters. The summed E-state index contributed by atoms with van der Waals surface area (Å²) < 4.78 is 11.7. The van der Waals surface area contributed by atoms with E-state index in [1.165, 1.54) is 0 Å². The van der Waals surface area contributed by atoms with E-state index in [9.17, 15) is 0 Å². The zero-order valence-electron chi connectivity index (χ0n) is 16.1. The molecular formula is C20H31NO3S. The predicted octanol–water partition coefficient (Wildman–Crippen LogP) is 5.17. The fourth-order valence-corrected chi connectivity index (χ4v) is 3.27. The molecule has 4 nitrogen and oxygen atoms in total. The van der Waals surface area contributed by atoms with Gasteiger partial charge in [0.1, 0.15) is 25.2 Å². The van der Waals surface area contributed by atoms with Crippen LogP contribution in [0.1, 0.15) is 37.8 Å². The third-order valence-electron chi connectivity index (χ3n) is 3.59. The number of aryl methyl sites for hydroxylation is 2. The number of thioether (sulfide) groups is 1. The topological polar surface area (TPSA) is 40.0 Å². The molecule has 1 aromatic rings. The van der Waals surface area contributed by atoms with Crippen molar-refractivity contribution in [2.75, 3.05) is 31.8 Å². The summed E-state index contributed by atoms with van der Waals surface area (Å²) in [6.45, 7) is 9.53. The quantitative estimate of drug-likeness (QED) is 0.222. The first kappa shape index (κ1) is 21.4. The van der Waals surface area contributed by atoms with Crippen LogP contribution in [0.25, 0.3) is 0 Å². The van der Waals surface area contributed by atoms with Gasteiger partial charge >= 0.3 is 0 Å². The first-order valence-electron chi connectivity index (χ1n) is 8.77. The van der Waals surface area contributed by atoms with Gasteiger partial charge in [-0.05, 0) is 62.6 Å². The minimum Gasteiger partial charge on any atom is -0.493 e. The van der Waals surface area contributed by atoms with E-state index in [2.05, 4.69) is 25.9 Å². The Morgan fingerprint density at radius 2 is 1.92 bits per heavy atom. The summed E-state index contributed by atoms with van der Waals surface area (Å²) in [5.41, 5.74) is 3.32. The van der Waals surface area contributed by atoms with Crippen LogP contribution in [0.3, 0.4) is 0 Å². The van der Waals surface area contributed by atoms with Gasteiger partial charge in [0.05, 0.1) is 12.3 Å². The highest BCUT2D eigenvalue weighted by molar-refractivity contribution is 7.99. The van der Waals surface area contributed by atoms with Crippen LogP contribution in [-0.4, -0.2) is 37.5 Å². The van der Waals surface area contributed by atoms with Gasteiger partial charge in [-0.15, -0.1) is 0 Å². The number of hydrogen-bond acceptors (Lipinski definition) is 5. The van der Waals surface area contributed by atoms with Crippen molar-refractivity contribution in [1.29, 1.82) is 0 Å². The fourth-order valence-electron chi connectivity index (χ4n) is 2.31. The van der Waals surface area contributed by atoms with E-state index >= 15 is 0 Å². The van der Waals surface area contributed by atoms with Crippen LogP contribution in [0.4, 0.5) is 0 Å². The average Bonchev–Trinajstić information content (AvgIpc) is 2.59. The first-order chi connectivity index (χ1) is 12.1. The molecule has 0 spiro atoms. The monoisotopic (exact) mass is 365 g/mol. The van der Waals surface area contributed by atoms with Gasteiger partial charge in [0, 0.05) is 5.75 Å². The molecule has 0 radical (unpaired) electrons. The second kappa shape index (κ2) is 12.7. The SMILES string of the molecule is C/C=C/COc1cc(C)c(OCCCSC/C(CC)=N/OC)c(C)c1. The van der Waals surface area contributed by atoms with Crippen LogP contribution in [0.5, 0.6) is 11.5 Å². The Hall–Kier alpha value is -1.62. The van der Waals surface area contributed by atoms with E-state index in [-0.39, 0.29) is 0 Å². The Balaban J connectivity index is 2.38. The first-order valence-corrected chi connectivity index (χ1v) is 9.92. The van der Waals surface area contributed by atoms with Crippen LogP contribution >= 0.6 is 11.8 Å². The normalized spacial score (nSPS) is 11.8. The molecular weight excluding hydrogens is 334 g/mol. The molecule has 5 heteroatoms. The number of nitrogens with zero attached hydrogens (tertiary/aromatic N) is 1. The Kier molecular flexibility index (Phi) is 10.9. The van der Waals surface area contributed by atoms with Crippen LogP contribution in [0.2, 0.25) is 0 Å². The fraction of sp³-hybridized carbons (Fsp3) is 0.550. The highest BCUT2D eigenvalue weighted by atomic mass is 32.2. The number of rotatable bonds is 12. The van der Waals surface area contributed by atoms with Crippen LogP contribution < -0.4 is 9.47 Å². The van der Waals surface area contributed by atoms with Crippen molar-refractivity contribution in [3.8, 4) is 11.5 Å². The summed E-state index contributed by atoms with van der Waals surface area (Å²) >= 11 is 1.87. The average molecular weight is 366 g/mol. The summed E-state index contributed by atoms with van der Waals surface area (Å²) in [7, 11) is 1.59. The Morgan fingerprint density at radius 1 is 1.20 bits per heavy atom. The van der Waals surface area contributed by atoms with Crippen molar-refractivity contribution in [2.24, 2.45) is 5.16 Å². The lowest BCUT2D eigenvalue weighted by Crippen LogP contribution is -2.05. The van der Waals surface area contributed by atoms with E-state index < -0.39 is 0 Å². The molecule has 0 unspecified atom stereocenters. The largest absolute Gasteiger partial charge is 0.493 e. The van der Waals surface area contributed by atoms with Crippen molar-refractivity contribution in [1.82, 2.24) is 0 Å². The molecule has 0 aromatic heterocycles. The number of oxime groups is 1. The maximum absolute atomic E-state index is 5.99. The van der Waals surface area contributed by atoms with Crippen LogP contribution in [0.15, 0.2) is 29.4 Å². The minimum atomic E-state index is 0.596. The summed E-state index contributed by atoms with van der Waals surface area (Å²) in [6, 6.07) is 4.07.